The van der Waals surface area contributed by atoms with E-state index in [0.717, 1.165) is 28.4 Å². The lowest BCUT2D eigenvalue weighted by molar-refractivity contribution is 0.398. The number of rotatable bonds is 5. The highest BCUT2D eigenvalue weighted by atomic mass is 16.5. The van der Waals surface area contributed by atoms with Gasteiger partial charge in [-0.1, -0.05) is 6.07 Å². The van der Waals surface area contributed by atoms with Gasteiger partial charge in [0.2, 0.25) is 0 Å². The van der Waals surface area contributed by atoms with Crippen LogP contribution in [-0.4, -0.2) is 26.3 Å². The zero-order valence-electron chi connectivity index (χ0n) is 13.3. The second-order valence-electron chi connectivity index (χ2n) is 4.98. The summed E-state index contributed by atoms with van der Waals surface area (Å²) in [5, 5.41) is 9.10. The molecule has 0 amide bonds. The molecule has 5 heteroatoms. The first-order chi connectivity index (χ1) is 10.6. The quantitative estimate of drug-likeness (QED) is 0.849. The molecule has 0 saturated carbocycles. The summed E-state index contributed by atoms with van der Waals surface area (Å²) in [5.74, 6) is 2.31. The van der Waals surface area contributed by atoms with Gasteiger partial charge in [-0.05, 0) is 36.8 Å². The van der Waals surface area contributed by atoms with Crippen LogP contribution in [0.1, 0.15) is 16.8 Å². The number of aromatic nitrogens is 1. The van der Waals surface area contributed by atoms with E-state index in [0.29, 0.717) is 12.2 Å². The van der Waals surface area contributed by atoms with Crippen molar-refractivity contribution in [2.75, 3.05) is 26.2 Å². The molecule has 1 heterocycles. The van der Waals surface area contributed by atoms with Gasteiger partial charge < -0.3 is 14.4 Å². The van der Waals surface area contributed by atoms with Crippen LogP contribution in [0.15, 0.2) is 30.3 Å². The van der Waals surface area contributed by atoms with Gasteiger partial charge in [0.1, 0.15) is 29.1 Å². The smallest absolute Gasteiger partial charge is 0.145 e. The van der Waals surface area contributed by atoms with E-state index in [1.807, 2.05) is 49.2 Å². The normalized spacial score (nSPS) is 9.95. The van der Waals surface area contributed by atoms with Crippen LogP contribution in [0.25, 0.3) is 0 Å². The Kier molecular flexibility index (Phi) is 4.84. The fourth-order valence-electron chi connectivity index (χ4n) is 2.19. The summed E-state index contributed by atoms with van der Waals surface area (Å²) in [5.41, 5.74) is 2.31. The average Bonchev–Trinajstić information content (AvgIpc) is 2.55. The van der Waals surface area contributed by atoms with Crippen molar-refractivity contribution in [3.05, 3.63) is 47.2 Å². The topological polar surface area (TPSA) is 58.4 Å². The molecule has 0 aliphatic heterocycles. The fourth-order valence-corrected chi connectivity index (χ4v) is 2.19. The molecule has 0 atom stereocenters. The summed E-state index contributed by atoms with van der Waals surface area (Å²) < 4.78 is 10.7. The number of hydrogen-bond acceptors (Lipinski definition) is 5. The molecule has 0 radical (unpaired) electrons. The van der Waals surface area contributed by atoms with Gasteiger partial charge in [0, 0.05) is 19.2 Å². The minimum absolute atomic E-state index is 0.446. The molecule has 0 aliphatic rings. The first-order valence-corrected chi connectivity index (χ1v) is 6.88. The lowest BCUT2D eigenvalue weighted by Crippen LogP contribution is -2.18. The highest BCUT2D eigenvalue weighted by Crippen LogP contribution is 2.26. The molecule has 0 fully saturated rings. The Morgan fingerprint density at radius 2 is 1.95 bits per heavy atom. The minimum atomic E-state index is 0.446. The highest BCUT2D eigenvalue weighted by Gasteiger charge is 2.11. The van der Waals surface area contributed by atoms with Crippen LogP contribution in [0.4, 0.5) is 5.82 Å². The van der Waals surface area contributed by atoms with E-state index in [1.54, 1.807) is 14.2 Å². The van der Waals surface area contributed by atoms with Crippen LogP contribution in [0.3, 0.4) is 0 Å². The van der Waals surface area contributed by atoms with Crippen molar-refractivity contribution in [2.45, 2.75) is 13.5 Å². The number of aryl methyl sites for hydroxylation is 1. The lowest BCUT2D eigenvalue weighted by atomic mass is 10.1. The SMILES string of the molecule is COc1ccc(OC)c(CN(C)c2ccc(C)c(C#N)n2)c1. The van der Waals surface area contributed by atoms with Gasteiger partial charge in [0.15, 0.2) is 0 Å². The van der Waals surface area contributed by atoms with Gasteiger partial charge in [-0.25, -0.2) is 4.98 Å². The van der Waals surface area contributed by atoms with Gasteiger partial charge in [-0.3, -0.25) is 0 Å². The zero-order valence-corrected chi connectivity index (χ0v) is 13.3. The number of methoxy groups -OCH3 is 2. The summed E-state index contributed by atoms with van der Waals surface area (Å²) in [4.78, 5) is 6.35. The Bertz CT molecular complexity index is 708. The Morgan fingerprint density at radius 3 is 2.59 bits per heavy atom. The molecule has 0 spiro atoms. The highest BCUT2D eigenvalue weighted by molar-refractivity contribution is 5.47. The van der Waals surface area contributed by atoms with Crippen LogP contribution in [0.2, 0.25) is 0 Å². The summed E-state index contributed by atoms with van der Waals surface area (Å²) in [6.45, 7) is 2.47. The summed E-state index contributed by atoms with van der Waals surface area (Å²) in [6, 6.07) is 11.6. The van der Waals surface area contributed by atoms with Crippen molar-refractivity contribution in [3.8, 4) is 17.6 Å². The second kappa shape index (κ2) is 6.81. The summed E-state index contributed by atoms with van der Waals surface area (Å²) in [7, 11) is 5.21. The third-order valence-electron chi connectivity index (χ3n) is 3.47. The van der Waals surface area contributed by atoms with Gasteiger partial charge in [-0.15, -0.1) is 0 Å². The molecule has 1 aromatic carbocycles. The van der Waals surface area contributed by atoms with Gasteiger partial charge >= 0.3 is 0 Å². The van der Waals surface area contributed by atoms with Crippen LogP contribution in [-0.2, 0) is 6.54 Å². The first kappa shape index (κ1) is 15.6. The minimum Gasteiger partial charge on any atom is -0.497 e. The van der Waals surface area contributed by atoms with Crippen molar-refractivity contribution >= 4 is 5.82 Å². The van der Waals surface area contributed by atoms with E-state index >= 15 is 0 Å². The number of anilines is 1. The predicted molar refractivity (Wildman–Crippen MR) is 85.3 cm³/mol. The maximum absolute atomic E-state index is 9.10. The maximum Gasteiger partial charge on any atom is 0.145 e. The predicted octanol–water partition coefficient (Wildman–Crippen LogP) is 2.92. The van der Waals surface area contributed by atoms with Crippen LogP contribution in [0.5, 0.6) is 11.5 Å². The van der Waals surface area contributed by atoms with Gasteiger partial charge in [0.25, 0.3) is 0 Å². The van der Waals surface area contributed by atoms with Crippen molar-refractivity contribution in [3.63, 3.8) is 0 Å². The number of benzene rings is 1. The molecule has 0 aliphatic carbocycles. The molecule has 22 heavy (non-hydrogen) atoms. The van der Waals surface area contributed by atoms with Crippen molar-refractivity contribution in [1.29, 1.82) is 5.26 Å². The molecule has 1 aromatic heterocycles. The summed E-state index contributed by atoms with van der Waals surface area (Å²) >= 11 is 0. The monoisotopic (exact) mass is 297 g/mol. The summed E-state index contributed by atoms with van der Waals surface area (Å²) in [6.07, 6.45) is 0. The second-order valence-corrected chi connectivity index (χ2v) is 4.98. The van der Waals surface area contributed by atoms with Crippen molar-refractivity contribution in [2.24, 2.45) is 0 Å². The molecule has 0 saturated heterocycles. The Morgan fingerprint density at radius 1 is 1.18 bits per heavy atom. The molecular formula is C17H19N3O2. The van der Waals surface area contributed by atoms with Crippen molar-refractivity contribution < 1.29 is 9.47 Å². The van der Waals surface area contributed by atoms with E-state index < -0.39 is 0 Å². The number of ether oxygens (including phenoxy) is 2. The number of nitriles is 1. The molecular weight excluding hydrogens is 278 g/mol. The molecule has 2 aromatic rings. The van der Waals surface area contributed by atoms with Crippen LogP contribution < -0.4 is 14.4 Å². The molecule has 5 nitrogen and oxygen atoms in total. The van der Waals surface area contributed by atoms with E-state index in [-0.39, 0.29) is 0 Å². The van der Waals surface area contributed by atoms with Gasteiger partial charge in [0.05, 0.1) is 14.2 Å². The molecule has 0 bridgehead atoms. The first-order valence-electron chi connectivity index (χ1n) is 6.88. The Hall–Kier alpha value is -2.74. The third kappa shape index (κ3) is 3.29. The zero-order chi connectivity index (χ0) is 16.1. The molecule has 2 rings (SSSR count). The van der Waals surface area contributed by atoms with E-state index in [1.165, 1.54) is 0 Å². The van der Waals surface area contributed by atoms with E-state index in [4.69, 9.17) is 14.7 Å². The number of nitrogens with zero attached hydrogens (tertiary/aromatic N) is 3. The van der Waals surface area contributed by atoms with Crippen molar-refractivity contribution in [1.82, 2.24) is 4.98 Å². The average molecular weight is 297 g/mol. The maximum atomic E-state index is 9.10. The van der Waals surface area contributed by atoms with Gasteiger partial charge in [-0.2, -0.15) is 5.26 Å². The lowest BCUT2D eigenvalue weighted by Gasteiger charge is -2.20. The molecule has 0 unspecified atom stereocenters. The fraction of sp³-hybridized carbons (Fsp3) is 0.294. The number of pyridine rings is 1. The van der Waals surface area contributed by atoms with E-state index in [2.05, 4.69) is 11.1 Å². The number of hydrogen-bond donors (Lipinski definition) is 0. The van der Waals surface area contributed by atoms with Crippen LogP contribution >= 0.6 is 0 Å². The Labute approximate surface area is 130 Å². The standard InChI is InChI=1S/C17H19N3O2/c1-12-5-8-17(19-15(12)10-18)20(2)11-13-9-14(21-3)6-7-16(13)22-4/h5-9H,11H2,1-4H3. The largest absolute Gasteiger partial charge is 0.497 e. The van der Waals surface area contributed by atoms with E-state index in [9.17, 15) is 0 Å². The van der Waals surface area contributed by atoms with Crippen LogP contribution in [0, 0.1) is 18.3 Å². The molecule has 114 valence electrons. The molecule has 0 N–H and O–H groups in total. The third-order valence-corrected chi connectivity index (χ3v) is 3.47. The Balaban J connectivity index is 2.28.